The van der Waals surface area contributed by atoms with E-state index in [0.717, 1.165) is 19.4 Å². The van der Waals surface area contributed by atoms with Gasteiger partial charge < -0.3 is 14.6 Å². The van der Waals surface area contributed by atoms with Gasteiger partial charge in [0.25, 0.3) is 5.56 Å². The fourth-order valence-electron chi connectivity index (χ4n) is 2.02. The zero-order chi connectivity index (χ0) is 13.0. The monoisotopic (exact) mass is 250 g/mol. The van der Waals surface area contributed by atoms with Crippen LogP contribution in [0.5, 0.6) is 0 Å². The van der Waals surface area contributed by atoms with E-state index in [-0.39, 0.29) is 24.1 Å². The van der Waals surface area contributed by atoms with E-state index in [0.29, 0.717) is 12.1 Å². The maximum atomic E-state index is 11.7. The summed E-state index contributed by atoms with van der Waals surface area (Å²) in [5, 5.41) is 2.80. The van der Waals surface area contributed by atoms with E-state index in [4.69, 9.17) is 4.74 Å². The summed E-state index contributed by atoms with van der Waals surface area (Å²) >= 11 is 0. The predicted molar refractivity (Wildman–Crippen MR) is 67.4 cm³/mol. The van der Waals surface area contributed by atoms with Gasteiger partial charge in [-0.25, -0.2) is 0 Å². The summed E-state index contributed by atoms with van der Waals surface area (Å²) < 4.78 is 6.83. The standard InChI is InChI=1S/C13H18N2O3/c1-10-4-2-6-15(13(10)17)9-12(16)14-8-11-5-3-7-18-11/h2,4,6,11H,3,5,7-9H2,1H3,(H,14,16). The largest absolute Gasteiger partial charge is 0.376 e. The van der Waals surface area contributed by atoms with Crippen molar-refractivity contribution in [3.63, 3.8) is 0 Å². The Hall–Kier alpha value is -1.62. The molecule has 18 heavy (non-hydrogen) atoms. The van der Waals surface area contributed by atoms with Crippen LogP contribution < -0.4 is 10.9 Å². The second-order valence-corrected chi connectivity index (χ2v) is 4.56. The van der Waals surface area contributed by atoms with Crippen LogP contribution in [0.25, 0.3) is 0 Å². The molecule has 1 aromatic heterocycles. The summed E-state index contributed by atoms with van der Waals surface area (Å²) in [4.78, 5) is 23.4. The van der Waals surface area contributed by atoms with Crippen LogP contribution in [0.2, 0.25) is 0 Å². The lowest BCUT2D eigenvalue weighted by atomic mass is 10.2. The predicted octanol–water partition coefficient (Wildman–Crippen LogP) is 0.452. The van der Waals surface area contributed by atoms with Crippen molar-refractivity contribution in [3.05, 3.63) is 34.2 Å². The molecule has 5 heteroatoms. The van der Waals surface area contributed by atoms with Crippen molar-refractivity contribution >= 4 is 5.91 Å². The Kier molecular flexibility index (Phi) is 4.15. The Morgan fingerprint density at radius 3 is 3.17 bits per heavy atom. The van der Waals surface area contributed by atoms with Crippen LogP contribution in [-0.4, -0.2) is 29.7 Å². The number of rotatable bonds is 4. The van der Waals surface area contributed by atoms with Crippen molar-refractivity contribution in [3.8, 4) is 0 Å². The van der Waals surface area contributed by atoms with Crippen molar-refractivity contribution < 1.29 is 9.53 Å². The van der Waals surface area contributed by atoms with Crippen LogP contribution in [-0.2, 0) is 16.1 Å². The molecule has 1 aliphatic heterocycles. The van der Waals surface area contributed by atoms with Gasteiger partial charge in [0, 0.05) is 24.9 Å². The SMILES string of the molecule is Cc1cccn(CC(=O)NCC2CCCO2)c1=O. The average molecular weight is 250 g/mol. The van der Waals surface area contributed by atoms with E-state index >= 15 is 0 Å². The number of hydrogen-bond acceptors (Lipinski definition) is 3. The van der Waals surface area contributed by atoms with Gasteiger partial charge in [0.15, 0.2) is 0 Å². The minimum atomic E-state index is -0.154. The molecule has 2 rings (SSSR count). The molecule has 1 aliphatic rings. The lowest BCUT2D eigenvalue weighted by Crippen LogP contribution is -2.36. The number of carbonyl (C=O) groups excluding carboxylic acids is 1. The first-order chi connectivity index (χ1) is 8.66. The molecule has 0 radical (unpaired) electrons. The average Bonchev–Trinajstić information content (AvgIpc) is 2.86. The first-order valence-electron chi connectivity index (χ1n) is 6.21. The first kappa shape index (κ1) is 12.8. The minimum Gasteiger partial charge on any atom is -0.376 e. The molecule has 1 fully saturated rings. The fourth-order valence-corrected chi connectivity index (χ4v) is 2.02. The summed E-state index contributed by atoms with van der Waals surface area (Å²) in [6.07, 6.45) is 3.80. The van der Waals surface area contributed by atoms with Gasteiger partial charge in [-0.15, -0.1) is 0 Å². The van der Waals surface area contributed by atoms with E-state index in [1.165, 1.54) is 4.57 Å². The molecule has 0 spiro atoms. The first-order valence-corrected chi connectivity index (χ1v) is 6.21. The molecule has 1 unspecified atom stereocenters. The van der Waals surface area contributed by atoms with Gasteiger partial charge in [-0.1, -0.05) is 6.07 Å². The highest BCUT2D eigenvalue weighted by Gasteiger charge is 2.16. The van der Waals surface area contributed by atoms with Gasteiger partial charge in [-0.3, -0.25) is 9.59 Å². The number of carbonyl (C=O) groups is 1. The van der Waals surface area contributed by atoms with Crippen LogP contribution >= 0.6 is 0 Å². The normalized spacial score (nSPS) is 18.8. The van der Waals surface area contributed by atoms with Crippen molar-refractivity contribution in [1.29, 1.82) is 0 Å². The molecule has 1 amide bonds. The maximum Gasteiger partial charge on any atom is 0.253 e. The maximum absolute atomic E-state index is 11.7. The summed E-state index contributed by atoms with van der Waals surface area (Å²) in [7, 11) is 0. The highest BCUT2D eigenvalue weighted by atomic mass is 16.5. The van der Waals surface area contributed by atoms with Gasteiger partial charge >= 0.3 is 0 Å². The van der Waals surface area contributed by atoms with Gasteiger partial charge in [-0.2, -0.15) is 0 Å². The zero-order valence-corrected chi connectivity index (χ0v) is 10.5. The van der Waals surface area contributed by atoms with E-state index in [9.17, 15) is 9.59 Å². The Bertz CT molecular complexity index is 475. The molecule has 0 bridgehead atoms. The number of aryl methyl sites for hydroxylation is 1. The molecular formula is C13H18N2O3. The zero-order valence-electron chi connectivity index (χ0n) is 10.5. The minimum absolute atomic E-state index is 0.0627. The Morgan fingerprint density at radius 2 is 2.44 bits per heavy atom. The third-order valence-corrected chi connectivity index (χ3v) is 3.08. The number of pyridine rings is 1. The van der Waals surface area contributed by atoms with E-state index < -0.39 is 0 Å². The molecule has 0 saturated carbocycles. The summed E-state index contributed by atoms with van der Waals surface area (Å²) in [6, 6.07) is 3.51. The second kappa shape index (κ2) is 5.82. The van der Waals surface area contributed by atoms with Crippen LogP contribution in [0.1, 0.15) is 18.4 Å². The summed E-state index contributed by atoms with van der Waals surface area (Å²) in [5.74, 6) is -0.154. The molecule has 1 atom stereocenters. The molecule has 5 nitrogen and oxygen atoms in total. The van der Waals surface area contributed by atoms with Gasteiger partial charge in [0.05, 0.1) is 6.10 Å². The van der Waals surface area contributed by atoms with Crippen LogP contribution in [0.15, 0.2) is 23.1 Å². The van der Waals surface area contributed by atoms with Crippen molar-refractivity contribution in [2.45, 2.75) is 32.4 Å². The molecule has 1 saturated heterocycles. The number of nitrogens with zero attached hydrogens (tertiary/aromatic N) is 1. The van der Waals surface area contributed by atoms with Gasteiger partial charge in [0.1, 0.15) is 6.54 Å². The molecule has 1 aromatic rings. The quantitative estimate of drug-likeness (QED) is 0.844. The second-order valence-electron chi connectivity index (χ2n) is 4.56. The number of nitrogens with one attached hydrogen (secondary N) is 1. The third kappa shape index (κ3) is 3.20. The highest BCUT2D eigenvalue weighted by molar-refractivity contribution is 5.75. The van der Waals surface area contributed by atoms with Crippen LogP contribution in [0.4, 0.5) is 0 Å². The summed E-state index contributed by atoms with van der Waals surface area (Å²) in [6.45, 7) is 3.10. The lowest BCUT2D eigenvalue weighted by Gasteiger charge is -2.11. The van der Waals surface area contributed by atoms with E-state index in [1.807, 2.05) is 0 Å². The van der Waals surface area contributed by atoms with Crippen LogP contribution in [0.3, 0.4) is 0 Å². The van der Waals surface area contributed by atoms with E-state index in [1.54, 1.807) is 25.3 Å². The number of ether oxygens (including phenoxy) is 1. The van der Waals surface area contributed by atoms with Crippen molar-refractivity contribution in [2.75, 3.05) is 13.2 Å². The highest BCUT2D eigenvalue weighted by Crippen LogP contribution is 2.10. The Morgan fingerprint density at radius 1 is 1.61 bits per heavy atom. The van der Waals surface area contributed by atoms with Crippen molar-refractivity contribution in [2.24, 2.45) is 0 Å². The van der Waals surface area contributed by atoms with Crippen LogP contribution in [0, 0.1) is 6.92 Å². The number of hydrogen-bond donors (Lipinski definition) is 1. The smallest absolute Gasteiger partial charge is 0.253 e. The topological polar surface area (TPSA) is 60.3 Å². The Labute approximate surface area is 106 Å². The Balaban J connectivity index is 1.86. The molecule has 1 N–H and O–H groups in total. The lowest BCUT2D eigenvalue weighted by molar-refractivity contribution is -0.122. The molecule has 0 aliphatic carbocycles. The molecule has 98 valence electrons. The molecular weight excluding hydrogens is 232 g/mol. The van der Waals surface area contributed by atoms with E-state index in [2.05, 4.69) is 5.32 Å². The fraction of sp³-hybridized carbons (Fsp3) is 0.538. The van der Waals surface area contributed by atoms with Crippen molar-refractivity contribution in [1.82, 2.24) is 9.88 Å². The third-order valence-electron chi connectivity index (χ3n) is 3.08. The number of aromatic nitrogens is 1. The molecule has 2 heterocycles. The van der Waals surface area contributed by atoms with Gasteiger partial charge in [0.2, 0.25) is 5.91 Å². The molecule has 0 aromatic carbocycles. The summed E-state index contributed by atoms with van der Waals surface area (Å²) in [5.41, 5.74) is 0.522. The van der Waals surface area contributed by atoms with Gasteiger partial charge in [-0.05, 0) is 25.8 Å². The number of amides is 1.